The topological polar surface area (TPSA) is 132 Å². The van der Waals surface area contributed by atoms with Gasteiger partial charge in [-0.3, -0.25) is 19.2 Å². The highest BCUT2D eigenvalue weighted by atomic mass is 16.7. The third-order valence-electron chi connectivity index (χ3n) is 16.3. The van der Waals surface area contributed by atoms with Gasteiger partial charge in [-0.15, -0.1) is 0 Å². The molecule has 0 bridgehead atoms. The summed E-state index contributed by atoms with van der Waals surface area (Å²) >= 11 is 0. The maximum absolute atomic E-state index is 13.7. The molecule has 4 atom stereocenters. The van der Waals surface area contributed by atoms with E-state index in [2.05, 4.69) is 55.4 Å². The van der Waals surface area contributed by atoms with E-state index < -0.39 is 54.3 Å². The van der Waals surface area contributed by atoms with Crippen LogP contribution in [0.15, 0.2) is 0 Å². The van der Waals surface area contributed by atoms with Crippen molar-refractivity contribution in [3.8, 4) is 0 Å². The van der Waals surface area contributed by atoms with Gasteiger partial charge in [0.05, 0.1) is 0 Å². The fraction of sp³-hybridized carbons (Fsp3) is 0.929. The Hall–Kier alpha value is -2.65. The van der Waals surface area contributed by atoms with Crippen LogP contribution in [0.3, 0.4) is 0 Å². The molecule has 0 saturated carbocycles. The molecule has 10 nitrogen and oxygen atoms in total. The van der Waals surface area contributed by atoms with Crippen molar-refractivity contribution in [3.05, 3.63) is 0 Å². The van der Waals surface area contributed by atoms with E-state index in [1.54, 1.807) is 0 Å². The number of cyclic esters (lactones) is 1. The first-order chi connectivity index (χ1) is 38.7. The average molecular weight is 1130 g/mol. The van der Waals surface area contributed by atoms with E-state index in [9.17, 15) is 24.0 Å². The van der Waals surface area contributed by atoms with Gasteiger partial charge in [0.1, 0.15) is 6.61 Å². The molecule has 0 aromatic carbocycles. The number of carbonyl (C=O) groups is 5. The molecule has 1 heterocycles. The fourth-order valence-electron chi connectivity index (χ4n) is 11.1. The molecule has 1 aliphatic heterocycles. The number of carbonyl (C=O) groups excluding carboxylic acids is 5. The Kier molecular flexibility index (Phi) is 50.0. The van der Waals surface area contributed by atoms with E-state index in [-0.39, 0.29) is 32.3 Å². The Balaban J connectivity index is 2.95. The summed E-state index contributed by atoms with van der Waals surface area (Å²) in [5.41, 5.74) is 0. The molecule has 0 radical (unpaired) electrons. The largest absolute Gasteiger partial charge is 0.462 e. The van der Waals surface area contributed by atoms with Crippen molar-refractivity contribution in [2.75, 3.05) is 6.61 Å². The lowest BCUT2D eigenvalue weighted by atomic mass is 10.0. The van der Waals surface area contributed by atoms with E-state index in [0.717, 1.165) is 101 Å². The van der Waals surface area contributed by atoms with Gasteiger partial charge in [0.15, 0.2) is 18.3 Å². The van der Waals surface area contributed by atoms with E-state index >= 15 is 0 Å². The van der Waals surface area contributed by atoms with Crippen molar-refractivity contribution in [1.82, 2.24) is 0 Å². The first kappa shape index (κ1) is 75.4. The molecule has 1 fully saturated rings. The molecule has 2 unspecified atom stereocenters. The van der Waals surface area contributed by atoms with Crippen molar-refractivity contribution in [1.29, 1.82) is 0 Å². The number of unbranched alkanes of at least 4 members (excludes halogenated alkanes) is 36. The molecule has 1 aliphatic rings. The summed E-state index contributed by atoms with van der Waals surface area (Å²) in [4.78, 5) is 67.6. The predicted molar refractivity (Wildman–Crippen MR) is 331 cm³/mol. The van der Waals surface area contributed by atoms with Crippen LogP contribution in [-0.4, -0.2) is 60.9 Å². The van der Waals surface area contributed by atoms with Gasteiger partial charge < -0.3 is 23.7 Å². The number of hydrogen-bond donors (Lipinski definition) is 0. The Morgan fingerprint density at radius 1 is 0.338 bits per heavy atom. The molecular weight excluding hydrogens is 1000 g/mol. The first-order valence-electron chi connectivity index (χ1n) is 34.6. The maximum atomic E-state index is 13.7. The van der Waals surface area contributed by atoms with Crippen LogP contribution < -0.4 is 0 Å². The third kappa shape index (κ3) is 46.8. The van der Waals surface area contributed by atoms with Crippen molar-refractivity contribution in [2.24, 2.45) is 23.7 Å². The fourth-order valence-corrected chi connectivity index (χ4v) is 11.1. The normalized spacial score (nSPS) is 15.8. The molecule has 0 aromatic heterocycles. The standard InChI is InChI=1S/C70H130O10/c1-58(2)49-41-33-25-17-9-13-21-29-37-45-53-63(71)76-57-62(77-64(72)54-46-38-30-22-14-10-18-26-34-42-50-59(3)4)67-68(78-65(73)55-47-39-31-23-15-11-19-27-35-43-51-60(5)6)69(70(75)80-67)79-66(74)56-48-40-32-24-16-12-20-28-36-44-52-61(7)8/h58-62,67-69H,9-57H2,1-8H3/t62-,67+,68?,69?/m0/s1. The first-order valence-corrected chi connectivity index (χ1v) is 34.6. The SMILES string of the molecule is CC(C)CCCCCCCCCCCCC(=O)OC[C@H](OC(=O)CCCCCCCCCCCCC(C)C)[C@H]1OC(=O)C(OC(=O)CCCCCCCCCCCCC(C)C)C1OC(=O)CCCCCCCCCCCCC(C)C. The van der Waals surface area contributed by atoms with E-state index in [1.165, 1.54) is 180 Å². The van der Waals surface area contributed by atoms with Gasteiger partial charge in [-0.05, 0) is 49.4 Å². The second-order valence-electron chi connectivity index (χ2n) is 26.3. The van der Waals surface area contributed by atoms with Crippen LogP contribution in [0.4, 0.5) is 0 Å². The molecule has 0 aliphatic carbocycles. The number of hydrogen-bond acceptors (Lipinski definition) is 10. The van der Waals surface area contributed by atoms with Gasteiger partial charge in [-0.2, -0.15) is 0 Å². The molecule has 0 spiro atoms. The Morgan fingerprint density at radius 3 is 0.887 bits per heavy atom. The quantitative estimate of drug-likeness (QED) is 0.0329. The molecule has 80 heavy (non-hydrogen) atoms. The summed E-state index contributed by atoms with van der Waals surface area (Å²) < 4.78 is 29.5. The van der Waals surface area contributed by atoms with Crippen LogP contribution in [0.25, 0.3) is 0 Å². The van der Waals surface area contributed by atoms with Crippen LogP contribution >= 0.6 is 0 Å². The van der Waals surface area contributed by atoms with Gasteiger partial charge in [-0.25, -0.2) is 4.79 Å². The summed E-state index contributed by atoms with van der Waals surface area (Å²) in [5.74, 6) is 0.208. The van der Waals surface area contributed by atoms with Crippen LogP contribution in [0.5, 0.6) is 0 Å². The van der Waals surface area contributed by atoms with Crippen molar-refractivity contribution in [2.45, 2.75) is 388 Å². The molecule has 0 amide bonds. The summed E-state index contributed by atoms with van der Waals surface area (Å²) in [5, 5.41) is 0. The summed E-state index contributed by atoms with van der Waals surface area (Å²) in [6.45, 7) is 17.9. The second kappa shape index (κ2) is 53.1. The maximum Gasteiger partial charge on any atom is 0.352 e. The van der Waals surface area contributed by atoms with Crippen LogP contribution in [0.1, 0.15) is 364 Å². The monoisotopic (exact) mass is 1130 g/mol. The Bertz CT molecular complexity index is 1470. The molecule has 1 saturated heterocycles. The zero-order valence-corrected chi connectivity index (χ0v) is 53.8. The Morgan fingerprint density at radius 2 is 0.588 bits per heavy atom. The Labute approximate surface area is 493 Å². The molecular formula is C70H130O10. The van der Waals surface area contributed by atoms with Gasteiger partial charge in [-0.1, -0.05) is 312 Å². The lowest BCUT2D eigenvalue weighted by Gasteiger charge is -2.27. The summed E-state index contributed by atoms with van der Waals surface area (Å²) in [6.07, 6.45) is 45.7. The second-order valence-corrected chi connectivity index (χ2v) is 26.3. The number of ether oxygens (including phenoxy) is 5. The van der Waals surface area contributed by atoms with Gasteiger partial charge in [0.2, 0.25) is 6.10 Å². The lowest BCUT2D eigenvalue weighted by molar-refractivity contribution is -0.180. The highest BCUT2D eigenvalue weighted by Crippen LogP contribution is 2.29. The van der Waals surface area contributed by atoms with Crippen molar-refractivity contribution >= 4 is 29.8 Å². The lowest BCUT2D eigenvalue weighted by Crippen LogP contribution is -2.47. The smallest absolute Gasteiger partial charge is 0.352 e. The summed E-state index contributed by atoms with van der Waals surface area (Å²) in [6, 6.07) is 0. The molecule has 470 valence electrons. The van der Waals surface area contributed by atoms with Crippen molar-refractivity contribution in [3.63, 3.8) is 0 Å². The molecule has 10 heteroatoms. The minimum Gasteiger partial charge on any atom is -0.462 e. The number of rotatable bonds is 58. The number of esters is 5. The van der Waals surface area contributed by atoms with Crippen molar-refractivity contribution < 1.29 is 47.7 Å². The predicted octanol–water partition coefficient (Wildman–Crippen LogP) is 20.5. The molecule has 1 rings (SSSR count). The van der Waals surface area contributed by atoms with E-state index in [1.807, 2.05) is 0 Å². The average Bonchev–Trinajstić information content (AvgIpc) is 3.70. The molecule has 0 N–H and O–H groups in total. The van der Waals surface area contributed by atoms with Gasteiger partial charge in [0, 0.05) is 25.7 Å². The van der Waals surface area contributed by atoms with Gasteiger partial charge in [0.25, 0.3) is 0 Å². The minimum absolute atomic E-state index is 0.121. The van der Waals surface area contributed by atoms with Gasteiger partial charge >= 0.3 is 29.8 Å². The van der Waals surface area contributed by atoms with E-state index in [4.69, 9.17) is 23.7 Å². The zero-order chi connectivity index (χ0) is 58.7. The van der Waals surface area contributed by atoms with Crippen LogP contribution in [-0.2, 0) is 47.7 Å². The van der Waals surface area contributed by atoms with E-state index in [0.29, 0.717) is 25.7 Å². The van der Waals surface area contributed by atoms with Crippen LogP contribution in [0.2, 0.25) is 0 Å². The van der Waals surface area contributed by atoms with Crippen LogP contribution in [0, 0.1) is 23.7 Å². The summed E-state index contributed by atoms with van der Waals surface area (Å²) in [7, 11) is 0. The zero-order valence-electron chi connectivity index (χ0n) is 53.8. The minimum atomic E-state index is -1.52. The third-order valence-corrected chi connectivity index (χ3v) is 16.3. The highest BCUT2D eigenvalue weighted by molar-refractivity contribution is 5.83. The highest BCUT2D eigenvalue weighted by Gasteiger charge is 2.54. The molecule has 0 aromatic rings.